The van der Waals surface area contributed by atoms with Gasteiger partial charge in [0.15, 0.2) is 0 Å². The number of hydrogen-bond donors (Lipinski definition) is 1. The Morgan fingerprint density at radius 3 is 2.60 bits per heavy atom. The molecule has 0 bridgehead atoms. The van der Waals surface area contributed by atoms with Crippen molar-refractivity contribution in [2.24, 2.45) is 0 Å². The summed E-state index contributed by atoms with van der Waals surface area (Å²) < 4.78 is 1.06. The van der Waals surface area contributed by atoms with E-state index in [0.717, 1.165) is 34.4 Å². The predicted molar refractivity (Wildman–Crippen MR) is 83.0 cm³/mol. The second-order valence-electron chi connectivity index (χ2n) is 5.40. The molecular weight excluding hydrogens is 316 g/mol. The van der Waals surface area contributed by atoms with Crippen LogP contribution < -0.4 is 5.56 Å². The molecule has 3 nitrogen and oxygen atoms in total. The first kappa shape index (κ1) is 13.6. The topological polar surface area (TPSA) is 45.8 Å². The number of benzene rings is 1. The van der Waals surface area contributed by atoms with E-state index in [4.69, 9.17) is 0 Å². The fourth-order valence-corrected chi connectivity index (χ4v) is 3.10. The largest absolute Gasteiger partial charge is 0.310 e. The zero-order valence-corrected chi connectivity index (χ0v) is 12.8. The average Bonchev–Trinajstić information content (AvgIpc) is 2.95. The highest BCUT2D eigenvalue weighted by Gasteiger charge is 2.19. The lowest BCUT2D eigenvalue weighted by Gasteiger charge is -2.09. The van der Waals surface area contributed by atoms with Crippen LogP contribution in [0.15, 0.2) is 39.6 Å². The van der Waals surface area contributed by atoms with Crippen molar-refractivity contribution in [2.75, 3.05) is 0 Å². The van der Waals surface area contributed by atoms with E-state index >= 15 is 0 Å². The van der Waals surface area contributed by atoms with Crippen molar-refractivity contribution in [2.45, 2.75) is 38.0 Å². The summed E-state index contributed by atoms with van der Waals surface area (Å²) in [5.41, 5.74) is 2.09. The Morgan fingerprint density at radius 1 is 1.20 bits per heavy atom. The Bertz CT molecular complexity index is 642. The number of aromatic nitrogens is 2. The Labute approximate surface area is 126 Å². The SMILES string of the molecule is O=c1cc(C2CCCC2)nc(Cc2ccc(Br)cc2)[nH]1. The van der Waals surface area contributed by atoms with Gasteiger partial charge in [-0.2, -0.15) is 0 Å². The van der Waals surface area contributed by atoms with Crippen molar-refractivity contribution < 1.29 is 0 Å². The molecule has 0 aliphatic heterocycles. The lowest BCUT2D eigenvalue weighted by molar-refractivity contribution is 0.683. The number of halogens is 1. The number of hydrogen-bond acceptors (Lipinski definition) is 2. The van der Waals surface area contributed by atoms with Crippen LogP contribution in [0.25, 0.3) is 0 Å². The van der Waals surface area contributed by atoms with E-state index in [2.05, 4.69) is 25.9 Å². The average molecular weight is 333 g/mol. The van der Waals surface area contributed by atoms with Crippen molar-refractivity contribution in [3.05, 3.63) is 62.2 Å². The molecule has 20 heavy (non-hydrogen) atoms. The van der Waals surface area contributed by atoms with Crippen molar-refractivity contribution in [3.63, 3.8) is 0 Å². The summed E-state index contributed by atoms with van der Waals surface area (Å²) in [4.78, 5) is 19.3. The van der Waals surface area contributed by atoms with Crippen LogP contribution in [0.1, 0.15) is 48.7 Å². The summed E-state index contributed by atoms with van der Waals surface area (Å²) in [6, 6.07) is 9.78. The lowest BCUT2D eigenvalue weighted by atomic mass is 10.0. The highest BCUT2D eigenvalue weighted by atomic mass is 79.9. The zero-order chi connectivity index (χ0) is 13.9. The van der Waals surface area contributed by atoms with Crippen molar-refractivity contribution in [1.29, 1.82) is 0 Å². The molecule has 1 heterocycles. The number of aromatic amines is 1. The quantitative estimate of drug-likeness (QED) is 0.929. The maximum Gasteiger partial charge on any atom is 0.251 e. The molecule has 1 aliphatic carbocycles. The molecule has 0 atom stereocenters. The molecule has 1 aliphatic rings. The van der Waals surface area contributed by atoms with Gasteiger partial charge in [0.1, 0.15) is 5.82 Å². The highest BCUT2D eigenvalue weighted by molar-refractivity contribution is 9.10. The van der Waals surface area contributed by atoms with Crippen LogP contribution >= 0.6 is 15.9 Å². The first-order valence-electron chi connectivity index (χ1n) is 7.05. The summed E-state index contributed by atoms with van der Waals surface area (Å²) in [7, 11) is 0. The number of nitrogens with zero attached hydrogens (tertiary/aromatic N) is 1. The smallest absolute Gasteiger partial charge is 0.251 e. The van der Waals surface area contributed by atoms with E-state index < -0.39 is 0 Å². The van der Waals surface area contributed by atoms with Crippen LogP contribution in [0.5, 0.6) is 0 Å². The third kappa shape index (κ3) is 3.18. The van der Waals surface area contributed by atoms with Crippen molar-refractivity contribution >= 4 is 15.9 Å². The van der Waals surface area contributed by atoms with E-state index in [-0.39, 0.29) is 5.56 Å². The third-order valence-corrected chi connectivity index (χ3v) is 4.40. The van der Waals surface area contributed by atoms with Crippen LogP contribution in [0.2, 0.25) is 0 Å². The first-order valence-corrected chi connectivity index (χ1v) is 7.84. The molecule has 1 aromatic carbocycles. The van der Waals surface area contributed by atoms with Gasteiger partial charge in [0.05, 0.1) is 5.69 Å². The van der Waals surface area contributed by atoms with Gasteiger partial charge in [-0.15, -0.1) is 0 Å². The van der Waals surface area contributed by atoms with Gasteiger partial charge in [0, 0.05) is 22.9 Å². The van der Waals surface area contributed by atoms with Gasteiger partial charge in [0.25, 0.3) is 5.56 Å². The zero-order valence-electron chi connectivity index (χ0n) is 11.2. The predicted octanol–water partition coefficient (Wildman–Crippen LogP) is 3.78. The summed E-state index contributed by atoms with van der Waals surface area (Å²) in [5.74, 6) is 1.24. The van der Waals surface area contributed by atoms with Gasteiger partial charge >= 0.3 is 0 Å². The molecule has 0 unspecified atom stereocenters. The minimum Gasteiger partial charge on any atom is -0.310 e. The Morgan fingerprint density at radius 2 is 1.90 bits per heavy atom. The molecule has 1 aromatic heterocycles. The maximum absolute atomic E-state index is 11.8. The lowest BCUT2D eigenvalue weighted by Crippen LogP contribution is -2.14. The van der Waals surface area contributed by atoms with E-state index in [1.54, 1.807) is 6.07 Å². The van der Waals surface area contributed by atoms with Gasteiger partial charge < -0.3 is 4.98 Å². The van der Waals surface area contributed by atoms with Crippen LogP contribution in [0.4, 0.5) is 0 Å². The fraction of sp³-hybridized carbons (Fsp3) is 0.375. The van der Waals surface area contributed by atoms with Gasteiger partial charge in [-0.25, -0.2) is 4.98 Å². The molecule has 1 saturated carbocycles. The second-order valence-corrected chi connectivity index (χ2v) is 6.32. The van der Waals surface area contributed by atoms with Crippen LogP contribution in [-0.4, -0.2) is 9.97 Å². The molecule has 0 spiro atoms. The molecule has 1 fully saturated rings. The molecule has 1 N–H and O–H groups in total. The summed E-state index contributed by atoms with van der Waals surface area (Å²) >= 11 is 3.43. The van der Waals surface area contributed by atoms with E-state index in [1.807, 2.05) is 24.3 Å². The van der Waals surface area contributed by atoms with Gasteiger partial charge in [0.2, 0.25) is 0 Å². The Hall–Kier alpha value is -1.42. The normalized spacial score (nSPS) is 15.7. The molecule has 4 heteroatoms. The van der Waals surface area contributed by atoms with Crippen LogP contribution in [0, 0.1) is 0 Å². The maximum atomic E-state index is 11.8. The molecular formula is C16H17BrN2O. The number of nitrogens with one attached hydrogen (secondary N) is 1. The summed E-state index contributed by atoms with van der Waals surface area (Å²) in [6.45, 7) is 0. The molecule has 0 saturated heterocycles. The summed E-state index contributed by atoms with van der Waals surface area (Å²) in [5, 5.41) is 0. The number of H-pyrrole nitrogens is 1. The third-order valence-electron chi connectivity index (χ3n) is 3.87. The standard InChI is InChI=1S/C16H17BrN2O/c17-13-7-5-11(6-8-13)9-15-18-14(10-16(20)19-15)12-3-1-2-4-12/h5-8,10,12H,1-4,9H2,(H,18,19,20). The first-order chi connectivity index (χ1) is 9.70. The van der Waals surface area contributed by atoms with Crippen molar-refractivity contribution in [3.8, 4) is 0 Å². The Kier molecular flexibility index (Phi) is 4.01. The van der Waals surface area contributed by atoms with E-state index in [1.165, 1.54) is 12.8 Å². The molecule has 0 amide bonds. The van der Waals surface area contributed by atoms with E-state index in [0.29, 0.717) is 12.3 Å². The second kappa shape index (κ2) is 5.92. The van der Waals surface area contributed by atoms with Gasteiger partial charge in [-0.05, 0) is 30.5 Å². The van der Waals surface area contributed by atoms with Crippen molar-refractivity contribution in [1.82, 2.24) is 9.97 Å². The van der Waals surface area contributed by atoms with Crippen LogP contribution in [0.3, 0.4) is 0 Å². The highest BCUT2D eigenvalue weighted by Crippen LogP contribution is 2.32. The number of rotatable bonds is 3. The molecule has 0 radical (unpaired) electrons. The minimum absolute atomic E-state index is 0.0333. The summed E-state index contributed by atoms with van der Waals surface area (Å²) in [6.07, 6.45) is 5.49. The fourth-order valence-electron chi connectivity index (χ4n) is 2.84. The molecule has 104 valence electrons. The monoisotopic (exact) mass is 332 g/mol. The molecule has 3 rings (SSSR count). The van der Waals surface area contributed by atoms with Crippen LogP contribution in [-0.2, 0) is 6.42 Å². The van der Waals surface area contributed by atoms with E-state index in [9.17, 15) is 4.79 Å². The molecule has 2 aromatic rings. The van der Waals surface area contributed by atoms with Gasteiger partial charge in [-0.1, -0.05) is 40.9 Å². The Balaban J connectivity index is 1.85. The van der Waals surface area contributed by atoms with Gasteiger partial charge in [-0.3, -0.25) is 4.79 Å². The minimum atomic E-state index is -0.0333.